The number of para-hydroxylation sites is 2. The Morgan fingerprint density at radius 1 is 0.900 bits per heavy atom. The SMILES string of the molecule is Clc1cc(-c2c[nH]c3ccccc23)nc2ccccc12. The van der Waals surface area contributed by atoms with Crippen LogP contribution < -0.4 is 0 Å². The molecule has 4 aromatic rings. The third kappa shape index (κ3) is 1.69. The summed E-state index contributed by atoms with van der Waals surface area (Å²) in [6.07, 6.45) is 1.98. The van der Waals surface area contributed by atoms with E-state index in [9.17, 15) is 0 Å². The Kier molecular flexibility index (Phi) is 2.51. The van der Waals surface area contributed by atoms with Crippen molar-refractivity contribution in [1.82, 2.24) is 9.97 Å². The zero-order valence-electron chi connectivity index (χ0n) is 10.6. The Morgan fingerprint density at radius 3 is 2.55 bits per heavy atom. The number of halogens is 1. The van der Waals surface area contributed by atoms with E-state index in [1.54, 1.807) is 0 Å². The first-order chi connectivity index (χ1) is 9.83. The molecule has 0 aliphatic carbocycles. The van der Waals surface area contributed by atoms with E-state index in [4.69, 9.17) is 16.6 Å². The van der Waals surface area contributed by atoms with E-state index in [0.29, 0.717) is 0 Å². The summed E-state index contributed by atoms with van der Waals surface area (Å²) in [5.74, 6) is 0. The van der Waals surface area contributed by atoms with Gasteiger partial charge in [-0.3, -0.25) is 0 Å². The molecule has 2 nitrogen and oxygen atoms in total. The summed E-state index contributed by atoms with van der Waals surface area (Å²) in [5, 5.41) is 2.87. The van der Waals surface area contributed by atoms with Crippen molar-refractivity contribution in [2.45, 2.75) is 0 Å². The summed E-state index contributed by atoms with van der Waals surface area (Å²) in [6.45, 7) is 0. The van der Waals surface area contributed by atoms with Gasteiger partial charge in [-0.1, -0.05) is 48.0 Å². The van der Waals surface area contributed by atoms with E-state index in [-0.39, 0.29) is 0 Å². The highest BCUT2D eigenvalue weighted by molar-refractivity contribution is 6.35. The van der Waals surface area contributed by atoms with Crippen LogP contribution in [0.2, 0.25) is 5.02 Å². The van der Waals surface area contributed by atoms with Gasteiger partial charge < -0.3 is 4.98 Å². The highest BCUT2D eigenvalue weighted by Crippen LogP contribution is 2.31. The molecular formula is C17H11ClN2. The van der Waals surface area contributed by atoms with Crippen LogP contribution >= 0.6 is 11.6 Å². The van der Waals surface area contributed by atoms with Crippen LogP contribution in [0.3, 0.4) is 0 Å². The Balaban J connectivity index is 2.03. The molecule has 2 aromatic heterocycles. The second kappa shape index (κ2) is 4.36. The molecule has 1 N–H and O–H groups in total. The Morgan fingerprint density at radius 2 is 1.65 bits per heavy atom. The van der Waals surface area contributed by atoms with Gasteiger partial charge in [0.2, 0.25) is 0 Å². The molecule has 96 valence electrons. The van der Waals surface area contributed by atoms with Gasteiger partial charge in [-0.15, -0.1) is 0 Å². The number of aromatic nitrogens is 2. The van der Waals surface area contributed by atoms with E-state index in [1.807, 2.05) is 48.7 Å². The van der Waals surface area contributed by atoms with Crippen molar-refractivity contribution in [2.75, 3.05) is 0 Å². The molecular weight excluding hydrogens is 268 g/mol. The quantitative estimate of drug-likeness (QED) is 0.519. The standard InChI is InChI=1S/C17H11ClN2/c18-14-9-17(20-16-8-4-2-6-12(14)16)13-10-19-15-7-3-1-5-11(13)15/h1-10,19H. The van der Waals surface area contributed by atoms with E-state index < -0.39 is 0 Å². The summed E-state index contributed by atoms with van der Waals surface area (Å²) in [4.78, 5) is 8.00. The maximum atomic E-state index is 6.38. The number of nitrogens with one attached hydrogen (secondary N) is 1. The van der Waals surface area contributed by atoms with Crippen LogP contribution in [-0.4, -0.2) is 9.97 Å². The number of benzene rings is 2. The molecule has 2 heterocycles. The van der Waals surface area contributed by atoms with E-state index in [1.165, 1.54) is 0 Å². The minimum Gasteiger partial charge on any atom is -0.360 e. The number of rotatable bonds is 1. The number of aromatic amines is 1. The third-order valence-electron chi connectivity index (χ3n) is 3.53. The monoisotopic (exact) mass is 278 g/mol. The molecule has 0 amide bonds. The molecule has 0 spiro atoms. The highest BCUT2D eigenvalue weighted by Gasteiger charge is 2.09. The maximum Gasteiger partial charge on any atom is 0.0746 e. The summed E-state index contributed by atoms with van der Waals surface area (Å²) >= 11 is 6.38. The number of hydrogen-bond acceptors (Lipinski definition) is 1. The largest absolute Gasteiger partial charge is 0.360 e. The number of nitrogens with zero attached hydrogens (tertiary/aromatic N) is 1. The molecule has 3 heteroatoms. The van der Waals surface area contributed by atoms with Gasteiger partial charge in [0.15, 0.2) is 0 Å². The molecule has 0 radical (unpaired) electrons. The van der Waals surface area contributed by atoms with Crippen LogP contribution in [0.5, 0.6) is 0 Å². The predicted molar refractivity (Wildman–Crippen MR) is 84.0 cm³/mol. The Bertz CT molecular complexity index is 924. The Hall–Kier alpha value is -2.32. The van der Waals surface area contributed by atoms with Crippen LogP contribution in [0.15, 0.2) is 60.8 Å². The summed E-state index contributed by atoms with van der Waals surface area (Å²) in [7, 11) is 0. The van der Waals surface area contributed by atoms with Crippen molar-refractivity contribution in [1.29, 1.82) is 0 Å². The third-order valence-corrected chi connectivity index (χ3v) is 3.84. The molecule has 0 aliphatic heterocycles. The molecule has 0 unspecified atom stereocenters. The first-order valence-electron chi connectivity index (χ1n) is 6.45. The van der Waals surface area contributed by atoms with Gasteiger partial charge in [0.05, 0.1) is 16.2 Å². The van der Waals surface area contributed by atoms with Crippen LogP contribution in [0, 0.1) is 0 Å². The van der Waals surface area contributed by atoms with Gasteiger partial charge in [0.1, 0.15) is 0 Å². The fourth-order valence-corrected chi connectivity index (χ4v) is 2.82. The molecule has 0 saturated carbocycles. The molecule has 0 bridgehead atoms. The Labute approximate surface area is 121 Å². The smallest absolute Gasteiger partial charge is 0.0746 e. The minimum absolute atomic E-state index is 0.732. The molecule has 20 heavy (non-hydrogen) atoms. The average Bonchev–Trinajstić information content (AvgIpc) is 2.91. The van der Waals surface area contributed by atoms with Crippen molar-refractivity contribution in [3.8, 4) is 11.3 Å². The van der Waals surface area contributed by atoms with E-state index in [2.05, 4.69) is 17.1 Å². The summed E-state index contributed by atoms with van der Waals surface area (Å²) < 4.78 is 0. The van der Waals surface area contributed by atoms with Gasteiger partial charge in [0, 0.05) is 28.0 Å². The summed E-state index contributed by atoms with van der Waals surface area (Å²) in [6, 6.07) is 18.0. The van der Waals surface area contributed by atoms with Gasteiger partial charge in [-0.25, -0.2) is 4.98 Å². The maximum absolute atomic E-state index is 6.38. The van der Waals surface area contributed by atoms with E-state index in [0.717, 1.165) is 38.1 Å². The van der Waals surface area contributed by atoms with Gasteiger partial charge >= 0.3 is 0 Å². The van der Waals surface area contributed by atoms with Crippen LogP contribution in [-0.2, 0) is 0 Å². The van der Waals surface area contributed by atoms with Crippen molar-refractivity contribution in [3.63, 3.8) is 0 Å². The molecule has 4 rings (SSSR count). The lowest BCUT2D eigenvalue weighted by atomic mass is 10.1. The highest BCUT2D eigenvalue weighted by atomic mass is 35.5. The lowest BCUT2D eigenvalue weighted by Crippen LogP contribution is -1.85. The number of H-pyrrole nitrogens is 1. The molecule has 0 fully saturated rings. The van der Waals surface area contributed by atoms with Crippen molar-refractivity contribution in [3.05, 3.63) is 65.8 Å². The first kappa shape index (κ1) is 11.5. The van der Waals surface area contributed by atoms with Crippen molar-refractivity contribution >= 4 is 33.4 Å². The van der Waals surface area contributed by atoms with Crippen LogP contribution in [0.1, 0.15) is 0 Å². The zero-order valence-corrected chi connectivity index (χ0v) is 11.4. The number of pyridine rings is 1. The molecule has 2 aromatic carbocycles. The van der Waals surface area contributed by atoms with Gasteiger partial charge in [0.25, 0.3) is 0 Å². The zero-order chi connectivity index (χ0) is 13.5. The normalized spacial score (nSPS) is 11.2. The van der Waals surface area contributed by atoms with Crippen molar-refractivity contribution < 1.29 is 0 Å². The summed E-state index contributed by atoms with van der Waals surface area (Å²) in [5.41, 5.74) is 3.99. The second-order valence-corrected chi connectivity index (χ2v) is 5.16. The van der Waals surface area contributed by atoms with Crippen LogP contribution in [0.4, 0.5) is 0 Å². The number of hydrogen-bond donors (Lipinski definition) is 1. The molecule has 0 aliphatic rings. The van der Waals surface area contributed by atoms with Crippen molar-refractivity contribution in [2.24, 2.45) is 0 Å². The lowest BCUT2D eigenvalue weighted by Gasteiger charge is -2.04. The van der Waals surface area contributed by atoms with E-state index >= 15 is 0 Å². The number of fused-ring (bicyclic) bond motifs is 2. The predicted octanol–water partition coefficient (Wildman–Crippen LogP) is 5.04. The lowest BCUT2D eigenvalue weighted by molar-refractivity contribution is 1.40. The fourth-order valence-electron chi connectivity index (χ4n) is 2.55. The average molecular weight is 279 g/mol. The topological polar surface area (TPSA) is 28.7 Å². The molecule has 0 atom stereocenters. The fraction of sp³-hybridized carbons (Fsp3) is 0. The minimum atomic E-state index is 0.732. The molecule has 0 saturated heterocycles. The van der Waals surface area contributed by atoms with Gasteiger partial charge in [-0.2, -0.15) is 0 Å². The second-order valence-electron chi connectivity index (χ2n) is 4.75. The van der Waals surface area contributed by atoms with Gasteiger partial charge in [-0.05, 0) is 18.2 Å². The first-order valence-corrected chi connectivity index (χ1v) is 6.82. The van der Waals surface area contributed by atoms with Crippen LogP contribution in [0.25, 0.3) is 33.1 Å².